The molecule has 0 radical (unpaired) electrons. The quantitative estimate of drug-likeness (QED) is 0.609. The van der Waals surface area contributed by atoms with E-state index in [1.54, 1.807) is 10.6 Å². The molecule has 2 aromatic rings. The van der Waals surface area contributed by atoms with Crippen LogP contribution in [-0.2, 0) is 6.54 Å². The third kappa shape index (κ3) is 1.85. The lowest BCUT2D eigenvalue weighted by Gasteiger charge is -2.07. The van der Waals surface area contributed by atoms with Crippen molar-refractivity contribution in [3.63, 3.8) is 0 Å². The van der Waals surface area contributed by atoms with Gasteiger partial charge in [0.2, 0.25) is 0 Å². The Balaban J connectivity index is 2.17. The summed E-state index contributed by atoms with van der Waals surface area (Å²) >= 11 is 0. The van der Waals surface area contributed by atoms with Crippen molar-refractivity contribution in [2.45, 2.75) is 19.4 Å². The third-order valence-corrected chi connectivity index (χ3v) is 3.20. The molecule has 6 nitrogen and oxygen atoms in total. The fourth-order valence-electron chi connectivity index (χ4n) is 2.04. The van der Waals surface area contributed by atoms with Crippen molar-refractivity contribution >= 4 is 16.6 Å². The summed E-state index contributed by atoms with van der Waals surface area (Å²) in [5.74, 6) is 0.547. The molecule has 0 bridgehead atoms. The van der Waals surface area contributed by atoms with Gasteiger partial charge in [0.15, 0.2) is 0 Å². The molecular weight excluding hydrogens is 234 g/mol. The number of benzene rings is 1. The molecule has 0 spiro atoms. The molecule has 0 unspecified atom stereocenters. The number of nitro benzene ring substituents is 1. The highest BCUT2D eigenvalue weighted by Crippen LogP contribution is 2.31. The number of nitrogens with zero attached hydrogens (tertiary/aromatic N) is 3. The molecule has 6 heteroatoms. The van der Waals surface area contributed by atoms with Crippen LogP contribution < -0.4 is 5.69 Å². The molecule has 1 fully saturated rings. The predicted octanol–water partition coefficient (Wildman–Crippen LogP) is 1.71. The van der Waals surface area contributed by atoms with Gasteiger partial charge in [-0.2, -0.15) is 0 Å². The zero-order valence-electron chi connectivity index (χ0n) is 9.57. The smallest absolute Gasteiger partial charge is 0.292 e. The zero-order valence-corrected chi connectivity index (χ0v) is 9.57. The average Bonchev–Trinajstić information content (AvgIpc) is 3.16. The van der Waals surface area contributed by atoms with E-state index in [1.807, 2.05) is 0 Å². The van der Waals surface area contributed by atoms with Crippen LogP contribution in [0.15, 0.2) is 29.2 Å². The van der Waals surface area contributed by atoms with Crippen molar-refractivity contribution in [2.24, 2.45) is 5.92 Å². The Bertz CT molecular complexity index is 689. The van der Waals surface area contributed by atoms with E-state index in [1.165, 1.54) is 18.3 Å². The van der Waals surface area contributed by atoms with Crippen LogP contribution in [0, 0.1) is 16.0 Å². The maximum absolute atomic E-state index is 11.7. The number of fused-ring (bicyclic) bond motifs is 1. The monoisotopic (exact) mass is 245 g/mol. The summed E-state index contributed by atoms with van der Waals surface area (Å²) in [6.45, 7) is 0.654. The Morgan fingerprint density at radius 2 is 2.22 bits per heavy atom. The Hall–Kier alpha value is -2.24. The van der Waals surface area contributed by atoms with Gasteiger partial charge in [-0.05, 0) is 24.8 Å². The van der Waals surface area contributed by atoms with Crippen molar-refractivity contribution in [1.29, 1.82) is 0 Å². The van der Waals surface area contributed by atoms with Gasteiger partial charge < -0.3 is 0 Å². The van der Waals surface area contributed by atoms with Crippen molar-refractivity contribution < 1.29 is 4.92 Å². The van der Waals surface area contributed by atoms with E-state index in [0.29, 0.717) is 23.4 Å². The minimum Gasteiger partial charge on any atom is -0.292 e. The molecule has 0 saturated heterocycles. The molecular formula is C12H11N3O3. The third-order valence-electron chi connectivity index (χ3n) is 3.20. The summed E-state index contributed by atoms with van der Waals surface area (Å²) in [4.78, 5) is 25.8. The predicted molar refractivity (Wildman–Crippen MR) is 65.4 cm³/mol. The van der Waals surface area contributed by atoms with Gasteiger partial charge in [0, 0.05) is 30.3 Å². The minimum absolute atomic E-state index is 0.0147. The second kappa shape index (κ2) is 3.90. The molecule has 92 valence electrons. The molecule has 18 heavy (non-hydrogen) atoms. The maximum Gasteiger partial charge on any atom is 0.348 e. The van der Waals surface area contributed by atoms with Crippen molar-refractivity contribution in [2.75, 3.05) is 0 Å². The van der Waals surface area contributed by atoms with Crippen LogP contribution in [0.1, 0.15) is 12.8 Å². The molecule has 1 aromatic carbocycles. The van der Waals surface area contributed by atoms with Gasteiger partial charge in [0.25, 0.3) is 5.69 Å². The Morgan fingerprint density at radius 1 is 1.44 bits per heavy atom. The second-order valence-electron chi connectivity index (χ2n) is 4.59. The van der Waals surface area contributed by atoms with Crippen molar-refractivity contribution in [1.82, 2.24) is 9.55 Å². The molecule has 1 aliphatic rings. The molecule has 3 rings (SSSR count). The van der Waals surface area contributed by atoms with Crippen LogP contribution in [0.25, 0.3) is 10.9 Å². The first-order chi connectivity index (χ1) is 8.65. The van der Waals surface area contributed by atoms with Crippen LogP contribution in [0.2, 0.25) is 0 Å². The van der Waals surface area contributed by atoms with Crippen LogP contribution in [0.3, 0.4) is 0 Å². The van der Waals surface area contributed by atoms with Crippen molar-refractivity contribution in [3.8, 4) is 0 Å². The molecule has 1 aliphatic carbocycles. The maximum atomic E-state index is 11.7. The van der Waals surface area contributed by atoms with Crippen molar-refractivity contribution in [3.05, 3.63) is 45.0 Å². The fourth-order valence-corrected chi connectivity index (χ4v) is 2.04. The number of hydrogen-bond donors (Lipinski definition) is 0. The Labute approximate surface area is 102 Å². The molecule has 1 saturated carbocycles. The van der Waals surface area contributed by atoms with Gasteiger partial charge in [-0.15, -0.1) is 0 Å². The largest absolute Gasteiger partial charge is 0.348 e. The summed E-state index contributed by atoms with van der Waals surface area (Å²) in [6, 6.07) is 4.50. The van der Waals surface area contributed by atoms with Crippen LogP contribution in [-0.4, -0.2) is 14.5 Å². The van der Waals surface area contributed by atoms with Gasteiger partial charge in [0.05, 0.1) is 10.4 Å². The second-order valence-corrected chi connectivity index (χ2v) is 4.59. The first kappa shape index (κ1) is 10.9. The van der Waals surface area contributed by atoms with Gasteiger partial charge in [-0.25, -0.2) is 9.78 Å². The van der Waals surface area contributed by atoms with Gasteiger partial charge in [-0.3, -0.25) is 14.7 Å². The highest BCUT2D eigenvalue weighted by Gasteiger charge is 2.23. The number of hydrogen-bond acceptors (Lipinski definition) is 4. The minimum atomic E-state index is -0.449. The number of non-ortho nitro benzene ring substituents is 1. The summed E-state index contributed by atoms with van der Waals surface area (Å²) in [5.41, 5.74) is 0.441. The summed E-state index contributed by atoms with van der Waals surface area (Å²) < 4.78 is 1.61. The lowest BCUT2D eigenvalue weighted by atomic mass is 10.2. The SMILES string of the molecule is O=c1ncc2cc([N+](=O)[O-])ccc2n1CC1CC1. The first-order valence-electron chi connectivity index (χ1n) is 5.79. The zero-order chi connectivity index (χ0) is 12.7. The van der Waals surface area contributed by atoms with E-state index < -0.39 is 4.92 Å². The lowest BCUT2D eigenvalue weighted by molar-refractivity contribution is -0.384. The first-order valence-corrected chi connectivity index (χ1v) is 5.79. The van der Waals surface area contributed by atoms with Crippen LogP contribution in [0.4, 0.5) is 5.69 Å². The van der Waals surface area contributed by atoms with E-state index >= 15 is 0 Å². The van der Waals surface area contributed by atoms with E-state index in [-0.39, 0.29) is 11.4 Å². The van der Waals surface area contributed by atoms with E-state index in [4.69, 9.17) is 0 Å². The van der Waals surface area contributed by atoms with E-state index in [2.05, 4.69) is 4.98 Å². The van der Waals surface area contributed by atoms with Gasteiger partial charge in [0.1, 0.15) is 0 Å². The van der Waals surface area contributed by atoms with Crippen LogP contribution in [0.5, 0.6) is 0 Å². The van der Waals surface area contributed by atoms with E-state index in [9.17, 15) is 14.9 Å². The fraction of sp³-hybridized carbons (Fsp3) is 0.333. The summed E-state index contributed by atoms with van der Waals surface area (Å²) in [5, 5.41) is 11.3. The topological polar surface area (TPSA) is 78.0 Å². The average molecular weight is 245 g/mol. The molecule has 1 aromatic heterocycles. The molecule has 1 heterocycles. The summed E-state index contributed by atoms with van der Waals surface area (Å²) in [6.07, 6.45) is 3.67. The highest BCUT2D eigenvalue weighted by atomic mass is 16.6. The lowest BCUT2D eigenvalue weighted by Crippen LogP contribution is -2.23. The molecule has 0 N–H and O–H groups in total. The number of rotatable bonds is 3. The Kier molecular flexibility index (Phi) is 2.36. The number of nitro groups is 1. The standard InChI is InChI=1S/C12H11N3O3/c16-12-13-6-9-5-10(15(17)18)3-4-11(9)14(12)7-8-1-2-8/h3-6,8H,1-2,7H2. The molecule has 0 amide bonds. The normalized spacial score (nSPS) is 14.9. The summed E-state index contributed by atoms with van der Waals surface area (Å²) in [7, 11) is 0. The van der Waals surface area contributed by atoms with Gasteiger partial charge >= 0.3 is 5.69 Å². The molecule has 0 atom stereocenters. The number of aromatic nitrogens is 2. The molecule has 0 aliphatic heterocycles. The Morgan fingerprint density at radius 3 is 2.89 bits per heavy atom. The highest BCUT2D eigenvalue weighted by molar-refractivity contribution is 5.80. The van der Waals surface area contributed by atoms with Gasteiger partial charge in [-0.1, -0.05) is 0 Å². The van der Waals surface area contributed by atoms with E-state index in [0.717, 1.165) is 12.8 Å². The van der Waals surface area contributed by atoms with Crippen LogP contribution >= 0.6 is 0 Å².